The van der Waals surface area contributed by atoms with Crippen LogP contribution in [0.15, 0.2) is 54.9 Å². The van der Waals surface area contributed by atoms with Crippen molar-refractivity contribution in [1.29, 1.82) is 0 Å². The van der Waals surface area contributed by atoms with E-state index in [0.29, 0.717) is 5.69 Å². The Labute approximate surface area is 126 Å². The lowest BCUT2D eigenvalue weighted by atomic mass is 10.1. The Hall–Kier alpha value is -2.69. The summed E-state index contributed by atoms with van der Waals surface area (Å²) >= 11 is 0. The number of aromatic nitrogens is 2. The Kier molecular flexibility index (Phi) is 2.92. The summed E-state index contributed by atoms with van der Waals surface area (Å²) in [6, 6.07) is 12.2. The molecule has 1 aromatic carbocycles. The molecule has 0 radical (unpaired) electrons. The van der Waals surface area contributed by atoms with Crippen molar-refractivity contribution in [3.8, 4) is 0 Å². The molecule has 0 aliphatic heterocycles. The van der Waals surface area contributed by atoms with Gasteiger partial charge in [0.2, 0.25) is 0 Å². The summed E-state index contributed by atoms with van der Waals surface area (Å²) in [5.74, 6) is -0.237. The number of amides is 1. The minimum atomic E-state index is -0.241. The molecule has 2 atom stereocenters. The highest BCUT2D eigenvalue weighted by Crippen LogP contribution is 2.41. The van der Waals surface area contributed by atoms with Crippen molar-refractivity contribution in [2.45, 2.75) is 18.4 Å². The van der Waals surface area contributed by atoms with Crippen LogP contribution in [0.25, 0.3) is 5.65 Å². The fraction of sp³-hybridized carbons (Fsp3) is 0.176. The number of pyridine rings is 1. The van der Waals surface area contributed by atoms with E-state index in [1.165, 1.54) is 12.1 Å². The normalized spacial score (nSPS) is 20.0. The molecule has 22 heavy (non-hydrogen) atoms. The molecule has 1 aliphatic carbocycles. The monoisotopic (exact) mass is 295 g/mol. The minimum absolute atomic E-state index is 0.0547. The number of nitrogens with zero attached hydrogens (tertiary/aromatic N) is 2. The number of fused-ring (bicyclic) bond motifs is 1. The van der Waals surface area contributed by atoms with Gasteiger partial charge in [0.15, 0.2) is 0 Å². The highest BCUT2D eigenvalue weighted by atomic mass is 19.1. The number of hydrogen-bond donors (Lipinski definition) is 1. The number of carbonyl (C=O) groups excluding carboxylic acids is 1. The zero-order chi connectivity index (χ0) is 15.1. The van der Waals surface area contributed by atoms with Gasteiger partial charge in [-0.1, -0.05) is 18.2 Å². The van der Waals surface area contributed by atoms with E-state index in [1.54, 1.807) is 12.3 Å². The van der Waals surface area contributed by atoms with Gasteiger partial charge in [0.05, 0.1) is 0 Å². The van der Waals surface area contributed by atoms with Gasteiger partial charge in [0, 0.05) is 24.4 Å². The molecular weight excluding hydrogens is 281 g/mol. The van der Waals surface area contributed by atoms with E-state index < -0.39 is 0 Å². The van der Waals surface area contributed by atoms with Crippen molar-refractivity contribution in [2.75, 3.05) is 0 Å². The molecule has 0 bridgehead atoms. The van der Waals surface area contributed by atoms with Crippen LogP contribution in [0.1, 0.15) is 28.4 Å². The molecule has 1 amide bonds. The first kappa shape index (κ1) is 13.0. The maximum absolute atomic E-state index is 13.2. The average molecular weight is 295 g/mol. The Morgan fingerprint density at radius 2 is 2.18 bits per heavy atom. The van der Waals surface area contributed by atoms with Crippen LogP contribution in [-0.4, -0.2) is 21.3 Å². The molecule has 4 rings (SSSR count). The Morgan fingerprint density at radius 1 is 1.27 bits per heavy atom. The molecule has 0 spiro atoms. The van der Waals surface area contributed by atoms with Gasteiger partial charge in [-0.15, -0.1) is 0 Å². The zero-order valence-corrected chi connectivity index (χ0v) is 11.7. The molecule has 0 unspecified atom stereocenters. The zero-order valence-electron chi connectivity index (χ0n) is 11.7. The van der Waals surface area contributed by atoms with Crippen LogP contribution in [0.2, 0.25) is 0 Å². The van der Waals surface area contributed by atoms with Crippen LogP contribution in [0.5, 0.6) is 0 Å². The second-order valence-corrected chi connectivity index (χ2v) is 5.57. The van der Waals surface area contributed by atoms with E-state index in [1.807, 2.05) is 34.9 Å². The van der Waals surface area contributed by atoms with Gasteiger partial charge in [-0.25, -0.2) is 9.37 Å². The smallest absolute Gasteiger partial charge is 0.271 e. The minimum Gasteiger partial charge on any atom is -0.347 e. The fourth-order valence-corrected chi connectivity index (χ4v) is 2.75. The molecule has 1 saturated carbocycles. The van der Waals surface area contributed by atoms with Gasteiger partial charge < -0.3 is 9.72 Å². The van der Waals surface area contributed by atoms with Crippen LogP contribution in [0.3, 0.4) is 0 Å². The number of hydrogen-bond acceptors (Lipinski definition) is 2. The molecule has 5 heteroatoms. The lowest BCUT2D eigenvalue weighted by Gasteiger charge is -2.03. The number of carbonyl (C=O) groups is 1. The summed E-state index contributed by atoms with van der Waals surface area (Å²) in [5, 5.41) is 2.96. The maximum atomic E-state index is 13.2. The molecule has 3 aromatic rings. The summed E-state index contributed by atoms with van der Waals surface area (Å²) < 4.78 is 15.0. The van der Waals surface area contributed by atoms with Gasteiger partial charge in [-0.2, -0.15) is 0 Å². The molecule has 2 heterocycles. The third-order valence-corrected chi connectivity index (χ3v) is 3.98. The van der Waals surface area contributed by atoms with Crippen molar-refractivity contribution in [2.24, 2.45) is 0 Å². The third kappa shape index (κ3) is 2.35. The van der Waals surface area contributed by atoms with E-state index in [9.17, 15) is 9.18 Å². The van der Waals surface area contributed by atoms with Crippen molar-refractivity contribution in [1.82, 2.24) is 14.7 Å². The fourth-order valence-electron chi connectivity index (χ4n) is 2.75. The quantitative estimate of drug-likeness (QED) is 0.807. The standard InChI is InChI=1S/C17H14FN3O/c18-12-5-3-4-11(8-12)13-9-14(13)20-17(22)15-10-21-7-2-1-6-16(21)19-15/h1-8,10,13-14H,9H2,(H,20,22)/t13-,14+/m1/s1. The number of rotatable bonds is 3. The van der Waals surface area contributed by atoms with Gasteiger partial charge in [-0.3, -0.25) is 4.79 Å². The number of halogens is 1. The van der Waals surface area contributed by atoms with Crippen LogP contribution >= 0.6 is 0 Å². The predicted octanol–water partition coefficient (Wildman–Crippen LogP) is 2.76. The summed E-state index contributed by atoms with van der Waals surface area (Å²) in [6.45, 7) is 0. The van der Waals surface area contributed by atoms with Crippen LogP contribution in [-0.2, 0) is 0 Å². The van der Waals surface area contributed by atoms with Gasteiger partial charge in [-0.05, 0) is 36.2 Å². The number of benzene rings is 1. The van der Waals surface area contributed by atoms with E-state index >= 15 is 0 Å². The van der Waals surface area contributed by atoms with Gasteiger partial charge in [0.25, 0.3) is 5.91 Å². The molecule has 1 N–H and O–H groups in total. The Bertz CT molecular complexity index is 825. The van der Waals surface area contributed by atoms with Crippen molar-refractivity contribution < 1.29 is 9.18 Å². The van der Waals surface area contributed by atoms with Crippen LogP contribution < -0.4 is 5.32 Å². The number of imidazole rings is 1. The van der Waals surface area contributed by atoms with Gasteiger partial charge >= 0.3 is 0 Å². The van der Waals surface area contributed by atoms with Crippen molar-refractivity contribution in [3.63, 3.8) is 0 Å². The number of nitrogens with one attached hydrogen (secondary N) is 1. The molecule has 2 aromatic heterocycles. The van der Waals surface area contributed by atoms with E-state index in [0.717, 1.165) is 17.6 Å². The molecule has 4 nitrogen and oxygen atoms in total. The molecule has 110 valence electrons. The maximum Gasteiger partial charge on any atom is 0.271 e. The second kappa shape index (κ2) is 4.94. The second-order valence-electron chi connectivity index (χ2n) is 5.57. The first-order chi connectivity index (χ1) is 10.7. The SMILES string of the molecule is O=C(N[C@H]1C[C@@H]1c1cccc(F)c1)c1cn2ccccc2n1. The third-order valence-electron chi connectivity index (χ3n) is 3.98. The van der Waals surface area contributed by atoms with Crippen LogP contribution in [0.4, 0.5) is 4.39 Å². The first-order valence-electron chi connectivity index (χ1n) is 7.21. The largest absolute Gasteiger partial charge is 0.347 e. The topological polar surface area (TPSA) is 46.4 Å². The van der Waals surface area contributed by atoms with Crippen LogP contribution in [0, 0.1) is 5.82 Å². The first-order valence-corrected chi connectivity index (χ1v) is 7.21. The molecule has 1 aliphatic rings. The highest BCUT2D eigenvalue weighted by molar-refractivity contribution is 5.93. The Morgan fingerprint density at radius 3 is 3.00 bits per heavy atom. The Balaban J connectivity index is 1.47. The lowest BCUT2D eigenvalue weighted by molar-refractivity contribution is 0.0946. The average Bonchev–Trinajstić information content (AvgIpc) is 3.14. The predicted molar refractivity (Wildman–Crippen MR) is 80.2 cm³/mol. The molecule has 1 fully saturated rings. The summed E-state index contributed by atoms with van der Waals surface area (Å²) in [5.41, 5.74) is 2.07. The molecular formula is C17H14FN3O. The summed E-state index contributed by atoms with van der Waals surface area (Å²) in [6.07, 6.45) is 4.40. The lowest BCUT2D eigenvalue weighted by Crippen LogP contribution is -2.26. The van der Waals surface area contributed by atoms with Gasteiger partial charge in [0.1, 0.15) is 17.2 Å². The molecule has 0 saturated heterocycles. The van der Waals surface area contributed by atoms with Crippen molar-refractivity contribution in [3.05, 3.63) is 71.9 Å². The van der Waals surface area contributed by atoms with E-state index in [2.05, 4.69) is 10.3 Å². The van der Waals surface area contributed by atoms with Crippen molar-refractivity contribution >= 4 is 11.6 Å². The van der Waals surface area contributed by atoms with E-state index in [4.69, 9.17) is 0 Å². The van der Waals surface area contributed by atoms with E-state index in [-0.39, 0.29) is 23.7 Å². The highest BCUT2D eigenvalue weighted by Gasteiger charge is 2.40. The summed E-state index contributed by atoms with van der Waals surface area (Å²) in [4.78, 5) is 16.5. The summed E-state index contributed by atoms with van der Waals surface area (Å²) in [7, 11) is 0.